The van der Waals surface area contributed by atoms with Gasteiger partial charge in [-0.05, 0) is 83.9 Å². The maximum atomic E-state index is 5.15. The molecule has 0 saturated heterocycles. The predicted octanol–water partition coefficient (Wildman–Crippen LogP) is 16.6. The van der Waals surface area contributed by atoms with Crippen LogP contribution in [0.2, 0.25) is 0 Å². The van der Waals surface area contributed by atoms with Gasteiger partial charge >= 0.3 is 0 Å². The van der Waals surface area contributed by atoms with E-state index in [-0.39, 0.29) is 0 Å². The Morgan fingerprint density at radius 2 is 0.635 bits per heavy atom. The van der Waals surface area contributed by atoms with Crippen LogP contribution in [-0.2, 0) is 0 Å². The summed E-state index contributed by atoms with van der Waals surface area (Å²) >= 11 is 0. The van der Waals surface area contributed by atoms with Crippen LogP contribution in [0.4, 0.5) is 0 Å². The van der Waals surface area contributed by atoms with E-state index in [2.05, 4.69) is 218 Å². The highest BCUT2D eigenvalue weighted by molar-refractivity contribution is 6.23. The lowest BCUT2D eigenvalue weighted by Crippen LogP contribution is -2.01. The summed E-state index contributed by atoms with van der Waals surface area (Å²) in [5.41, 5.74) is 18.7. The SMILES string of the molecule is c1ccc(-c2nc(-c3ccccc3)nc(-c3cccc(-n4c5ccc(-c6ccc7c(c6)c6c(c(-c8ccccc8)n8ccccc68)n7-c6ccccc6)cc5c5c4c(-c4ccccc4)n4ccccc54)c3)n2)cc1. The molecule has 7 aromatic heterocycles. The van der Waals surface area contributed by atoms with Crippen molar-refractivity contribution in [1.82, 2.24) is 32.9 Å². The Balaban J connectivity index is 0.974. The van der Waals surface area contributed by atoms with Gasteiger partial charge in [-0.15, -0.1) is 0 Å². The van der Waals surface area contributed by atoms with Gasteiger partial charge in [-0.2, -0.15) is 0 Å². The Kier molecular flexibility index (Phi) is 9.43. The van der Waals surface area contributed by atoms with Crippen molar-refractivity contribution < 1.29 is 0 Å². The number of aromatic nitrogens is 7. The number of fused-ring (bicyclic) bond motifs is 10. The summed E-state index contributed by atoms with van der Waals surface area (Å²) in [5, 5.41) is 4.79. The van der Waals surface area contributed by atoms with Crippen molar-refractivity contribution in [3.63, 3.8) is 0 Å². The van der Waals surface area contributed by atoms with Gasteiger partial charge in [0, 0.05) is 73.1 Å². The first-order valence-electron chi connectivity index (χ1n) is 25.0. The van der Waals surface area contributed by atoms with E-state index in [1.807, 2.05) is 60.7 Å². The summed E-state index contributed by atoms with van der Waals surface area (Å²) in [7, 11) is 0. The van der Waals surface area contributed by atoms with E-state index in [0.29, 0.717) is 17.5 Å². The Bertz CT molecular complexity index is 4570. The third-order valence-corrected chi connectivity index (χ3v) is 14.6. The van der Waals surface area contributed by atoms with Crippen LogP contribution in [0.15, 0.2) is 261 Å². The van der Waals surface area contributed by atoms with Crippen molar-refractivity contribution in [2.75, 3.05) is 0 Å². The molecule has 0 aliphatic carbocycles. The normalized spacial score (nSPS) is 11.8. The summed E-state index contributed by atoms with van der Waals surface area (Å²) in [6, 6.07) is 88.4. The molecule has 0 amide bonds. The zero-order valence-electron chi connectivity index (χ0n) is 40.0. The van der Waals surface area contributed by atoms with Crippen molar-refractivity contribution in [2.45, 2.75) is 0 Å². The minimum atomic E-state index is 0.609. The van der Waals surface area contributed by atoms with Crippen LogP contribution in [0.25, 0.3) is 134 Å². The quantitative estimate of drug-likeness (QED) is 0.152. The van der Waals surface area contributed by atoms with E-state index in [1.54, 1.807) is 0 Å². The number of para-hydroxylation sites is 1. The fourth-order valence-electron chi connectivity index (χ4n) is 11.4. The molecule has 15 aromatic rings. The Morgan fingerprint density at radius 3 is 1.11 bits per heavy atom. The molecule has 0 saturated carbocycles. The third-order valence-electron chi connectivity index (χ3n) is 14.6. The Hall–Kier alpha value is -10.1. The predicted molar refractivity (Wildman–Crippen MR) is 303 cm³/mol. The molecular weight excluding hydrogens is 903 g/mol. The van der Waals surface area contributed by atoms with Crippen LogP contribution in [0.3, 0.4) is 0 Å². The van der Waals surface area contributed by atoms with Crippen molar-refractivity contribution in [1.29, 1.82) is 0 Å². The lowest BCUT2D eigenvalue weighted by molar-refractivity contribution is 1.07. The van der Waals surface area contributed by atoms with Gasteiger partial charge in [0.2, 0.25) is 0 Å². The first-order chi connectivity index (χ1) is 36.7. The summed E-state index contributed by atoms with van der Waals surface area (Å²) < 4.78 is 9.61. The van der Waals surface area contributed by atoms with Crippen LogP contribution in [0.1, 0.15) is 0 Å². The molecule has 74 heavy (non-hydrogen) atoms. The van der Waals surface area contributed by atoms with Gasteiger partial charge in [0.1, 0.15) is 0 Å². The molecule has 7 heteroatoms. The monoisotopic (exact) mass is 945 g/mol. The molecule has 0 radical (unpaired) electrons. The molecule has 0 unspecified atom stereocenters. The minimum absolute atomic E-state index is 0.609. The second-order valence-electron chi connectivity index (χ2n) is 18.8. The average molecular weight is 946 g/mol. The van der Waals surface area contributed by atoms with Crippen molar-refractivity contribution in [3.8, 4) is 79.2 Å². The van der Waals surface area contributed by atoms with E-state index >= 15 is 0 Å². The van der Waals surface area contributed by atoms with E-state index in [4.69, 9.17) is 15.0 Å². The third kappa shape index (κ3) is 6.50. The highest BCUT2D eigenvalue weighted by Gasteiger charge is 2.26. The second kappa shape index (κ2) is 16.8. The second-order valence-corrected chi connectivity index (χ2v) is 18.8. The van der Waals surface area contributed by atoms with Crippen LogP contribution in [0.5, 0.6) is 0 Å². The zero-order chi connectivity index (χ0) is 48.7. The van der Waals surface area contributed by atoms with Crippen molar-refractivity contribution in [2.24, 2.45) is 0 Å². The molecule has 0 N–H and O–H groups in total. The summed E-state index contributed by atoms with van der Waals surface area (Å²) in [4.78, 5) is 15.3. The molecule has 0 fully saturated rings. The lowest BCUT2D eigenvalue weighted by atomic mass is 10.0. The van der Waals surface area contributed by atoms with Gasteiger partial charge in [-0.25, -0.2) is 15.0 Å². The highest BCUT2D eigenvalue weighted by atomic mass is 15.1. The average Bonchev–Trinajstić information content (AvgIpc) is 4.22. The van der Waals surface area contributed by atoms with Crippen molar-refractivity contribution >= 4 is 54.6 Å². The van der Waals surface area contributed by atoms with E-state index in [1.165, 1.54) is 49.4 Å². The first kappa shape index (κ1) is 41.7. The smallest absolute Gasteiger partial charge is 0.164 e. The topological polar surface area (TPSA) is 57.4 Å². The van der Waals surface area contributed by atoms with E-state index < -0.39 is 0 Å². The van der Waals surface area contributed by atoms with Gasteiger partial charge in [-0.1, -0.05) is 176 Å². The van der Waals surface area contributed by atoms with Gasteiger partial charge in [0.25, 0.3) is 0 Å². The molecule has 346 valence electrons. The van der Waals surface area contributed by atoms with Gasteiger partial charge in [-0.3, -0.25) is 0 Å². The maximum absolute atomic E-state index is 5.15. The molecule has 8 aromatic carbocycles. The molecular formula is C67H43N7. The molecule has 0 aliphatic rings. The molecule has 7 heterocycles. The number of benzene rings is 8. The number of hydrogen-bond donors (Lipinski definition) is 0. The van der Waals surface area contributed by atoms with Crippen molar-refractivity contribution in [3.05, 3.63) is 261 Å². The minimum Gasteiger partial charge on any atom is -0.314 e. The highest BCUT2D eigenvalue weighted by Crippen LogP contribution is 2.46. The molecule has 7 nitrogen and oxygen atoms in total. The standard InChI is InChI=1S/C67H43N7/c1-6-21-44(22-7-1)61-63-59(57-33-16-18-39-71(57)61)53-42-48(35-37-55(53)73(63)51-30-14-5-15-31-51)49-36-38-56-54(43-49)60-58-34-17-19-40-72(58)62(45-23-8-2-9-24-45)64(60)74(56)52-32-20-29-50(41-52)67-69-65(46-25-10-3-11-26-46)68-66(70-67)47-27-12-4-13-28-47/h1-43H. The van der Waals surface area contributed by atoms with Crippen LogP contribution >= 0.6 is 0 Å². The van der Waals surface area contributed by atoms with Crippen LogP contribution < -0.4 is 0 Å². The largest absolute Gasteiger partial charge is 0.314 e. The summed E-state index contributed by atoms with van der Waals surface area (Å²) in [5.74, 6) is 1.87. The number of hydrogen-bond acceptors (Lipinski definition) is 3. The van der Waals surface area contributed by atoms with E-state index in [9.17, 15) is 0 Å². The fourth-order valence-corrected chi connectivity index (χ4v) is 11.4. The van der Waals surface area contributed by atoms with Gasteiger partial charge < -0.3 is 17.9 Å². The van der Waals surface area contributed by atoms with E-state index in [0.717, 1.165) is 67.0 Å². The summed E-state index contributed by atoms with van der Waals surface area (Å²) in [6.45, 7) is 0. The van der Waals surface area contributed by atoms with Crippen LogP contribution in [0, 0.1) is 0 Å². The summed E-state index contributed by atoms with van der Waals surface area (Å²) in [6.07, 6.45) is 4.39. The number of pyridine rings is 2. The molecule has 0 atom stereocenters. The Morgan fingerprint density at radius 1 is 0.257 bits per heavy atom. The van der Waals surface area contributed by atoms with Crippen LogP contribution in [-0.4, -0.2) is 32.9 Å². The molecule has 0 bridgehead atoms. The fraction of sp³-hybridized carbons (Fsp3) is 0. The number of nitrogens with zero attached hydrogens (tertiary/aromatic N) is 7. The molecule has 0 spiro atoms. The van der Waals surface area contributed by atoms with Gasteiger partial charge in [0.15, 0.2) is 17.5 Å². The first-order valence-corrected chi connectivity index (χ1v) is 25.0. The number of rotatable bonds is 8. The lowest BCUT2D eigenvalue weighted by Gasteiger charge is -2.13. The molecule has 15 rings (SSSR count). The maximum Gasteiger partial charge on any atom is 0.164 e. The zero-order valence-corrected chi connectivity index (χ0v) is 40.0. The van der Waals surface area contributed by atoms with Gasteiger partial charge in [0.05, 0.1) is 44.5 Å². The Labute approximate surface area is 425 Å². The molecule has 0 aliphatic heterocycles.